The first-order chi connectivity index (χ1) is 15.0. The number of esters is 1. The first kappa shape index (κ1) is 20.6. The fourth-order valence-electron chi connectivity index (χ4n) is 3.80. The average Bonchev–Trinajstić information content (AvgIpc) is 2.94. The number of ketones is 1. The van der Waals surface area contributed by atoms with Gasteiger partial charge in [-0.2, -0.15) is 0 Å². The van der Waals surface area contributed by atoms with Crippen LogP contribution in [0.15, 0.2) is 64.7 Å². The Morgan fingerprint density at radius 1 is 1.10 bits per heavy atom. The highest BCUT2D eigenvalue weighted by molar-refractivity contribution is 6.32. The van der Waals surface area contributed by atoms with E-state index < -0.39 is 5.97 Å². The molecule has 31 heavy (non-hydrogen) atoms. The van der Waals surface area contributed by atoms with Gasteiger partial charge in [-0.05, 0) is 24.6 Å². The number of hydrogen-bond acceptors (Lipinski definition) is 7. The average molecular weight is 418 g/mol. The number of allylic oxidation sites excluding steroid dienone is 2. The van der Waals surface area contributed by atoms with Crippen molar-refractivity contribution in [2.24, 2.45) is 10.7 Å². The molecule has 0 saturated carbocycles. The second kappa shape index (κ2) is 8.57. The minimum absolute atomic E-state index is 0.0692. The number of fused-ring (bicyclic) bond motifs is 2. The van der Waals surface area contributed by atoms with E-state index in [1.54, 1.807) is 37.3 Å². The van der Waals surface area contributed by atoms with Crippen LogP contribution >= 0.6 is 0 Å². The summed E-state index contributed by atoms with van der Waals surface area (Å²) in [6.45, 7) is 2.00. The molecule has 0 unspecified atom stereocenters. The van der Waals surface area contributed by atoms with E-state index in [1.807, 2.05) is 18.2 Å². The van der Waals surface area contributed by atoms with Gasteiger partial charge in [0.15, 0.2) is 12.6 Å². The van der Waals surface area contributed by atoms with Crippen molar-refractivity contribution in [2.75, 3.05) is 20.5 Å². The summed E-state index contributed by atoms with van der Waals surface area (Å²) in [6, 6.07) is 14.4. The molecule has 0 aromatic heterocycles. The van der Waals surface area contributed by atoms with Gasteiger partial charge in [-0.15, -0.1) is 0 Å². The molecule has 0 amide bonds. The SMILES string of the molecule is CCOC(=O)C1=C(c2cccc(OCOC)c2)C2=C(N=C(N)C1)c1ccccc1C2=O. The number of methoxy groups -OCH3 is 1. The van der Waals surface area contributed by atoms with Crippen molar-refractivity contribution < 1.29 is 23.8 Å². The van der Waals surface area contributed by atoms with E-state index in [0.717, 1.165) is 0 Å². The highest BCUT2D eigenvalue weighted by Gasteiger charge is 2.37. The van der Waals surface area contributed by atoms with Crippen molar-refractivity contribution in [3.05, 3.63) is 76.4 Å². The molecule has 0 saturated heterocycles. The zero-order chi connectivity index (χ0) is 22.0. The maximum atomic E-state index is 13.5. The van der Waals surface area contributed by atoms with Crippen molar-refractivity contribution in [1.82, 2.24) is 0 Å². The topological polar surface area (TPSA) is 100 Å². The third-order valence-corrected chi connectivity index (χ3v) is 5.04. The molecule has 0 atom stereocenters. The van der Waals surface area contributed by atoms with Gasteiger partial charge in [0, 0.05) is 30.2 Å². The Balaban J connectivity index is 1.97. The summed E-state index contributed by atoms with van der Waals surface area (Å²) in [5.74, 6) is 0.0422. The number of nitrogens with zero attached hydrogens (tertiary/aromatic N) is 1. The van der Waals surface area contributed by atoms with Gasteiger partial charge in [0.05, 0.1) is 23.5 Å². The molecule has 2 aromatic carbocycles. The Morgan fingerprint density at radius 2 is 1.87 bits per heavy atom. The summed E-state index contributed by atoms with van der Waals surface area (Å²) in [6.07, 6.45) is 0.0692. The van der Waals surface area contributed by atoms with Crippen molar-refractivity contribution in [2.45, 2.75) is 13.3 Å². The van der Waals surface area contributed by atoms with Gasteiger partial charge in [-0.3, -0.25) is 4.79 Å². The number of Topliss-reactive ketones (excluding diaryl/α,β-unsaturated/α-hetero) is 1. The molecular weight excluding hydrogens is 396 g/mol. The molecule has 2 N–H and O–H groups in total. The minimum atomic E-state index is -0.531. The van der Waals surface area contributed by atoms with Crippen molar-refractivity contribution in [3.63, 3.8) is 0 Å². The van der Waals surface area contributed by atoms with Gasteiger partial charge >= 0.3 is 5.97 Å². The van der Waals surface area contributed by atoms with Gasteiger partial charge < -0.3 is 19.9 Å². The van der Waals surface area contributed by atoms with Crippen LogP contribution in [0.2, 0.25) is 0 Å². The lowest BCUT2D eigenvalue weighted by Crippen LogP contribution is -2.19. The van der Waals surface area contributed by atoms with Gasteiger partial charge in [-0.25, -0.2) is 9.79 Å². The third kappa shape index (κ3) is 3.75. The fourth-order valence-corrected chi connectivity index (χ4v) is 3.80. The van der Waals surface area contributed by atoms with Crippen LogP contribution in [0.4, 0.5) is 0 Å². The first-order valence-electron chi connectivity index (χ1n) is 9.89. The minimum Gasteiger partial charge on any atom is -0.468 e. The zero-order valence-electron chi connectivity index (χ0n) is 17.3. The predicted octanol–water partition coefficient (Wildman–Crippen LogP) is 3.35. The van der Waals surface area contributed by atoms with E-state index in [9.17, 15) is 9.59 Å². The number of rotatable bonds is 6. The number of carbonyl (C=O) groups excluding carboxylic acids is 2. The number of hydrogen-bond donors (Lipinski definition) is 1. The molecule has 7 heteroatoms. The number of ether oxygens (including phenoxy) is 3. The number of aliphatic imine (C=N–C) groups is 1. The summed E-state index contributed by atoms with van der Waals surface area (Å²) < 4.78 is 15.8. The molecule has 1 aliphatic carbocycles. The summed E-state index contributed by atoms with van der Waals surface area (Å²) in [5, 5.41) is 0. The molecule has 0 fully saturated rings. The van der Waals surface area contributed by atoms with Gasteiger partial charge in [0.1, 0.15) is 11.6 Å². The lowest BCUT2D eigenvalue weighted by Gasteiger charge is -2.15. The predicted molar refractivity (Wildman–Crippen MR) is 116 cm³/mol. The summed E-state index contributed by atoms with van der Waals surface area (Å²) in [5.41, 5.74) is 9.59. The van der Waals surface area contributed by atoms with Gasteiger partial charge in [0.25, 0.3) is 0 Å². The van der Waals surface area contributed by atoms with E-state index in [0.29, 0.717) is 39.3 Å². The second-order valence-electron chi connectivity index (χ2n) is 7.03. The molecule has 7 nitrogen and oxygen atoms in total. The van der Waals surface area contributed by atoms with E-state index in [4.69, 9.17) is 19.9 Å². The molecule has 1 heterocycles. The van der Waals surface area contributed by atoms with Crippen LogP contribution < -0.4 is 10.5 Å². The lowest BCUT2D eigenvalue weighted by molar-refractivity contribution is -0.138. The van der Waals surface area contributed by atoms with Crippen molar-refractivity contribution in [1.29, 1.82) is 0 Å². The van der Waals surface area contributed by atoms with Crippen molar-refractivity contribution in [3.8, 4) is 5.75 Å². The van der Waals surface area contributed by atoms with Crippen LogP contribution in [0.3, 0.4) is 0 Å². The van der Waals surface area contributed by atoms with Crippen LogP contribution in [-0.4, -0.2) is 38.1 Å². The normalized spacial score (nSPS) is 15.3. The number of carbonyl (C=O) groups is 2. The smallest absolute Gasteiger partial charge is 0.335 e. The molecule has 0 radical (unpaired) electrons. The Morgan fingerprint density at radius 3 is 2.61 bits per heavy atom. The quantitative estimate of drug-likeness (QED) is 0.570. The molecule has 158 valence electrons. The Labute approximate surface area is 179 Å². The molecule has 0 bridgehead atoms. The Bertz CT molecular complexity index is 1160. The molecule has 2 aromatic rings. The fraction of sp³-hybridized carbons (Fsp3) is 0.208. The highest BCUT2D eigenvalue weighted by atomic mass is 16.7. The van der Waals surface area contributed by atoms with Gasteiger partial charge in [0.2, 0.25) is 0 Å². The van der Waals surface area contributed by atoms with Crippen LogP contribution in [0, 0.1) is 0 Å². The number of amidine groups is 1. The largest absolute Gasteiger partial charge is 0.468 e. The van der Waals surface area contributed by atoms with Gasteiger partial charge in [-0.1, -0.05) is 36.4 Å². The monoisotopic (exact) mass is 418 g/mol. The molecule has 2 aliphatic rings. The molecule has 4 rings (SSSR count). The van der Waals surface area contributed by atoms with Crippen LogP contribution in [0.5, 0.6) is 5.75 Å². The third-order valence-electron chi connectivity index (χ3n) is 5.04. The zero-order valence-corrected chi connectivity index (χ0v) is 17.3. The first-order valence-corrected chi connectivity index (χ1v) is 9.89. The Kier molecular flexibility index (Phi) is 5.68. The van der Waals surface area contributed by atoms with Crippen LogP contribution in [0.25, 0.3) is 11.3 Å². The maximum absolute atomic E-state index is 13.5. The van der Waals surface area contributed by atoms with E-state index in [1.165, 1.54) is 7.11 Å². The lowest BCUT2D eigenvalue weighted by atomic mass is 9.89. The van der Waals surface area contributed by atoms with Crippen LogP contribution in [-0.2, 0) is 14.3 Å². The summed E-state index contributed by atoms with van der Waals surface area (Å²) in [7, 11) is 1.53. The molecule has 1 aliphatic heterocycles. The number of nitrogens with two attached hydrogens (primary N) is 1. The summed E-state index contributed by atoms with van der Waals surface area (Å²) in [4.78, 5) is 30.9. The highest BCUT2D eigenvalue weighted by Crippen LogP contribution is 2.44. The molecular formula is C24H22N2O5. The van der Waals surface area contributed by atoms with Crippen molar-refractivity contribution >= 4 is 28.9 Å². The van der Waals surface area contributed by atoms with Crippen LogP contribution in [0.1, 0.15) is 34.8 Å². The standard InChI is InChI=1S/C24H22N2O5/c1-3-30-24(28)18-12-19(25)26-22-16-9-4-5-10-17(16)23(27)21(22)20(18)14-7-6-8-15(11-14)31-13-29-2/h4-11H,3,12-13H2,1-2H3,(H2,25,26). The number of benzene rings is 2. The van der Waals surface area contributed by atoms with E-state index in [-0.39, 0.29) is 37.0 Å². The van der Waals surface area contributed by atoms with E-state index >= 15 is 0 Å². The molecule has 0 spiro atoms. The second-order valence-corrected chi connectivity index (χ2v) is 7.03. The maximum Gasteiger partial charge on any atom is 0.335 e. The summed E-state index contributed by atoms with van der Waals surface area (Å²) >= 11 is 0. The Hall–Kier alpha value is -3.71. The van der Waals surface area contributed by atoms with E-state index in [2.05, 4.69) is 4.99 Å².